The molecule has 5 nitrogen and oxygen atoms in total. The van der Waals surface area contributed by atoms with Crippen LogP contribution in [0, 0.1) is 6.92 Å². The van der Waals surface area contributed by atoms with Crippen molar-refractivity contribution in [2.45, 2.75) is 25.9 Å². The van der Waals surface area contributed by atoms with Crippen LogP contribution in [0.4, 0.5) is 5.69 Å². The fourth-order valence-corrected chi connectivity index (χ4v) is 4.94. The molecule has 1 amide bonds. The first-order valence-electron chi connectivity index (χ1n) is 11.1. The highest BCUT2D eigenvalue weighted by Gasteiger charge is 2.29. The molecular weight excluding hydrogens is 396 g/mol. The second kappa shape index (κ2) is 9.82. The van der Waals surface area contributed by atoms with Crippen molar-refractivity contribution >= 4 is 23.2 Å². The summed E-state index contributed by atoms with van der Waals surface area (Å²) in [5.41, 5.74) is 3.85. The van der Waals surface area contributed by atoms with Crippen molar-refractivity contribution in [3.63, 3.8) is 0 Å². The average Bonchev–Trinajstić information content (AvgIpc) is 3.17. The number of nitrogens with zero attached hydrogens (tertiary/aromatic N) is 1. The molecule has 0 radical (unpaired) electrons. The molecule has 0 aromatic heterocycles. The summed E-state index contributed by atoms with van der Waals surface area (Å²) in [5, 5.41) is 4.07. The van der Waals surface area contributed by atoms with E-state index in [0.717, 1.165) is 57.3 Å². The number of anilines is 1. The Hall–Kier alpha value is -2.08. The van der Waals surface area contributed by atoms with Gasteiger partial charge in [-0.1, -0.05) is 48.0 Å². The third-order valence-electron chi connectivity index (χ3n) is 6.44. The Morgan fingerprint density at radius 1 is 1.10 bits per heavy atom. The first-order chi connectivity index (χ1) is 14.6. The number of piperazine rings is 1. The molecule has 0 aliphatic carbocycles. The smallest absolute Gasteiger partial charge is 0.275 e. The van der Waals surface area contributed by atoms with Crippen molar-refractivity contribution in [3.8, 4) is 0 Å². The quantitative estimate of drug-likeness (QED) is 0.620. The number of aryl methyl sites for hydroxylation is 1. The van der Waals surface area contributed by atoms with Crippen LogP contribution in [-0.4, -0.2) is 57.8 Å². The number of benzene rings is 2. The molecule has 2 fully saturated rings. The maximum absolute atomic E-state index is 12.6. The normalized spacial score (nSPS) is 22.3. The number of carbonyl (C=O) groups excluding carboxylic acids is 1. The van der Waals surface area contributed by atoms with Crippen LogP contribution in [-0.2, 0) is 11.3 Å². The highest BCUT2D eigenvalue weighted by molar-refractivity contribution is 6.30. The fraction of sp³-hybridized carbons (Fsp3) is 0.458. The van der Waals surface area contributed by atoms with Gasteiger partial charge < -0.3 is 20.0 Å². The van der Waals surface area contributed by atoms with Gasteiger partial charge in [0.25, 0.3) is 5.91 Å². The van der Waals surface area contributed by atoms with Crippen LogP contribution in [0.15, 0.2) is 48.5 Å². The van der Waals surface area contributed by atoms with Crippen LogP contribution >= 0.6 is 11.6 Å². The first-order valence-corrected chi connectivity index (χ1v) is 11.5. The van der Waals surface area contributed by atoms with Gasteiger partial charge in [0.15, 0.2) is 6.54 Å². The Balaban J connectivity index is 1.20. The molecule has 3 N–H and O–H groups in total. The zero-order valence-electron chi connectivity index (χ0n) is 17.8. The SMILES string of the molecule is Cc1ccc(Cl)cc1N1CC[NH+](CC(=O)N[C@@H]2CC[NH+](Cc3ccccc3)C2)CC1. The first kappa shape index (κ1) is 21.2. The van der Waals surface area contributed by atoms with E-state index in [2.05, 4.69) is 59.6 Å². The van der Waals surface area contributed by atoms with Crippen molar-refractivity contribution in [1.29, 1.82) is 0 Å². The molecule has 4 rings (SSSR count). The number of carbonyl (C=O) groups is 1. The van der Waals surface area contributed by atoms with E-state index in [0.29, 0.717) is 12.6 Å². The van der Waals surface area contributed by atoms with Crippen molar-refractivity contribution in [3.05, 3.63) is 64.7 Å². The molecule has 2 aliphatic rings. The third kappa shape index (κ3) is 5.54. The van der Waals surface area contributed by atoms with E-state index in [-0.39, 0.29) is 5.91 Å². The van der Waals surface area contributed by atoms with Crippen LogP contribution in [0.5, 0.6) is 0 Å². The predicted octanol–water partition coefficient (Wildman–Crippen LogP) is 0.327. The van der Waals surface area contributed by atoms with Gasteiger partial charge in [0.05, 0.1) is 45.3 Å². The molecular formula is C24H33ClN4O+2. The lowest BCUT2D eigenvalue weighted by atomic mass is 10.1. The minimum Gasteiger partial charge on any atom is -0.360 e. The number of halogens is 1. The summed E-state index contributed by atoms with van der Waals surface area (Å²) < 4.78 is 0. The summed E-state index contributed by atoms with van der Waals surface area (Å²) in [7, 11) is 0. The average molecular weight is 429 g/mol. The number of hydrogen-bond donors (Lipinski definition) is 3. The third-order valence-corrected chi connectivity index (χ3v) is 6.67. The standard InChI is InChI=1S/C24H31ClN4O/c1-19-7-8-21(25)15-23(19)29-13-11-27(12-14-29)18-24(30)26-22-9-10-28(17-22)16-20-5-3-2-4-6-20/h2-8,15,22H,9-14,16-18H2,1H3,(H,26,30)/p+2/t22-/m1/s1. The van der Waals surface area contributed by atoms with E-state index >= 15 is 0 Å². The largest absolute Gasteiger partial charge is 0.360 e. The molecule has 0 spiro atoms. The summed E-state index contributed by atoms with van der Waals surface area (Å²) in [6.07, 6.45) is 1.07. The van der Waals surface area contributed by atoms with Gasteiger partial charge in [-0.2, -0.15) is 0 Å². The molecule has 0 saturated carbocycles. The van der Waals surface area contributed by atoms with Gasteiger partial charge in [0.2, 0.25) is 0 Å². The molecule has 2 aromatic carbocycles. The lowest BCUT2D eigenvalue weighted by molar-refractivity contribution is -0.901. The van der Waals surface area contributed by atoms with Crippen LogP contribution < -0.4 is 20.0 Å². The zero-order valence-corrected chi connectivity index (χ0v) is 18.5. The Kier molecular flexibility index (Phi) is 6.93. The van der Waals surface area contributed by atoms with Crippen molar-refractivity contribution in [2.75, 3.05) is 50.7 Å². The van der Waals surface area contributed by atoms with Gasteiger partial charge in [-0.3, -0.25) is 4.79 Å². The molecule has 2 atom stereocenters. The van der Waals surface area contributed by atoms with E-state index < -0.39 is 0 Å². The van der Waals surface area contributed by atoms with Gasteiger partial charge in [0.1, 0.15) is 6.54 Å². The van der Waals surface area contributed by atoms with Gasteiger partial charge >= 0.3 is 0 Å². The summed E-state index contributed by atoms with van der Waals surface area (Å²) in [4.78, 5) is 17.9. The molecule has 160 valence electrons. The van der Waals surface area contributed by atoms with E-state index in [4.69, 9.17) is 11.6 Å². The molecule has 2 aliphatic heterocycles. The Labute approximate surface area is 184 Å². The van der Waals surface area contributed by atoms with Gasteiger partial charge in [-0.15, -0.1) is 0 Å². The number of amides is 1. The second-order valence-corrected chi connectivity index (χ2v) is 9.20. The molecule has 6 heteroatoms. The monoisotopic (exact) mass is 428 g/mol. The molecule has 2 saturated heterocycles. The van der Waals surface area contributed by atoms with Gasteiger partial charge in [0, 0.05) is 22.7 Å². The Bertz CT molecular complexity index is 852. The van der Waals surface area contributed by atoms with Gasteiger partial charge in [-0.25, -0.2) is 0 Å². The van der Waals surface area contributed by atoms with Crippen LogP contribution in [0.2, 0.25) is 5.02 Å². The van der Waals surface area contributed by atoms with E-state index in [1.165, 1.54) is 21.7 Å². The number of nitrogens with one attached hydrogen (secondary N) is 3. The predicted molar refractivity (Wildman–Crippen MR) is 121 cm³/mol. The van der Waals surface area contributed by atoms with Gasteiger partial charge in [-0.05, 0) is 24.6 Å². The minimum atomic E-state index is 0.198. The molecule has 0 bridgehead atoms. The minimum absolute atomic E-state index is 0.198. The number of rotatable bonds is 6. The lowest BCUT2D eigenvalue weighted by Gasteiger charge is -2.34. The maximum Gasteiger partial charge on any atom is 0.275 e. The highest BCUT2D eigenvalue weighted by Crippen LogP contribution is 2.24. The number of hydrogen-bond acceptors (Lipinski definition) is 2. The number of likely N-dealkylation sites (tertiary alicyclic amines) is 1. The van der Waals surface area contributed by atoms with Crippen LogP contribution in [0.3, 0.4) is 0 Å². The summed E-state index contributed by atoms with van der Waals surface area (Å²) in [6, 6.07) is 17.0. The molecule has 30 heavy (non-hydrogen) atoms. The summed E-state index contributed by atoms with van der Waals surface area (Å²) in [6.45, 7) is 9.79. The summed E-state index contributed by atoms with van der Waals surface area (Å²) >= 11 is 6.18. The Morgan fingerprint density at radius 2 is 1.87 bits per heavy atom. The fourth-order valence-electron chi connectivity index (χ4n) is 4.77. The number of quaternary nitrogens is 2. The Morgan fingerprint density at radius 3 is 2.63 bits per heavy atom. The topological polar surface area (TPSA) is 41.2 Å². The molecule has 1 unspecified atom stereocenters. The zero-order chi connectivity index (χ0) is 20.9. The second-order valence-electron chi connectivity index (χ2n) is 8.76. The van der Waals surface area contributed by atoms with Crippen molar-refractivity contribution in [1.82, 2.24) is 5.32 Å². The maximum atomic E-state index is 12.6. The lowest BCUT2D eigenvalue weighted by Crippen LogP contribution is -3.16. The molecule has 2 heterocycles. The van der Waals surface area contributed by atoms with Crippen LogP contribution in [0.25, 0.3) is 0 Å². The molecule has 2 aromatic rings. The van der Waals surface area contributed by atoms with Crippen LogP contribution in [0.1, 0.15) is 17.5 Å². The van der Waals surface area contributed by atoms with E-state index in [9.17, 15) is 4.79 Å². The van der Waals surface area contributed by atoms with Crippen molar-refractivity contribution < 1.29 is 14.6 Å². The van der Waals surface area contributed by atoms with E-state index in [1.54, 1.807) is 4.90 Å². The summed E-state index contributed by atoms with van der Waals surface area (Å²) in [5.74, 6) is 0.198. The van der Waals surface area contributed by atoms with E-state index in [1.807, 2.05) is 6.07 Å². The van der Waals surface area contributed by atoms with Crippen molar-refractivity contribution in [2.24, 2.45) is 0 Å². The highest BCUT2D eigenvalue weighted by atomic mass is 35.5.